The molecule has 1 aromatic heterocycles. The summed E-state index contributed by atoms with van der Waals surface area (Å²) in [4.78, 5) is 22.9. The summed E-state index contributed by atoms with van der Waals surface area (Å²) in [5.41, 5.74) is -0.121. The third kappa shape index (κ3) is 4.09. The summed E-state index contributed by atoms with van der Waals surface area (Å²) < 4.78 is 39.6. The molecule has 1 heterocycles. The minimum absolute atomic E-state index is 0.0375. The Labute approximate surface area is 128 Å². The normalized spacial score (nSPS) is 11.3. The van der Waals surface area contributed by atoms with Crippen molar-refractivity contribution in [3.05, 3.63) is 48.3 Å². The van der Waals surface area contributed by atoms with Crippen molar-refractivity contribution < 1.29 is 27.9 Å². The average Bonchev–Trinajstić information content (AvgIpc) is 3.00. The molecular formula is C14H12F3N3O3. The number of carboxylic acids is 1. The molecule has 0 spiro atoms. The van der Waals surface area contributed by atoms with Gasteiger partial charge in [0.1, 0.15) is 0 Å². The lowest BCUT2D eigenvalue weighted by atomic mass is 10.2. The number of carbonyl (C=O) groups excluding carboxylic acids is 1. The Morgan fingerprint density at radius 2 is 1.87 bits per heavy atom. The van der Waals surface area contributed by atoms with Crippen molar-refractivity contribution in [2.45, 2.75) is 12.7 Å². The molecule has 2 rings (SSSR count). The zero-order valence-electron chi connectivity index (χ0n) is 11.7. The molecule has 0 bridgehead atoms. The van der Waals surface area contributed by atoms with Gasteiger partial charge in [0.15, 0.2) is 0 Å². The van der Waals surface area contributed by atoms with E-state index >= 15 is 0 Å². The van der Waals surface area contributed by atoms with Crippen LogP contribution >= 0.6 is 0 Å². The Kier molecular flexibility index (Phi) is 4.68. The molecule has 0 aliphatic carbocycles. The summed E-state index contributed by atoms with van der Waals surface area (Å²) in [6.45, 7) is -0.193. The summed E-state index contributed by atoms with van der Waals surface area (Å²) >= 11 is 0. The number of benzene rings is 1. The van der Waals surface area contributed by atoms with Crippen molar-refractivity contribution in [1.82, 2.24) is 9.78 Å². The molecule has 0 radical (unpaired) electrons. The molecule has 1 N–H and O–H groups in total. The van der Waals surface area contributed by atoms with E-state index in [4.69, 9.17) is 5.11 Å². The van der Waals surface area contributed by atoms with Gasteiger partial charge in [0, 0.05) is 24.6 Å². The number of anilines is 1. The van der Waals surface area contributed by atoms with Crippen molar-refractivity contribution in [2.75, 3.05) is 11.4 Å². The number of carboxylic acid groups (broad SMARTS) is 1. The minimum Gasteiger partial charge on any atom is -0.478 e. The van der Waals surface area contributed by atoms with Crippen LogP contribution in [0, 0.1) is 0 Å². The highest BCUT2D eigenvalue weighted by molar-refractivity contribution is 5.97. The first-order chi connectivity index (χ1) is 10.8. The van der Waals surface area contributed by atoms with Crippen molar-refractivity contribution in [2.24, 2.45) is 0 Å². The molecule has 0 saturated carbocycles. The Bertz CT molecular complexity index is 682. The van der Waals surface area contributed by atoms with Gasteiger partial charge >= 0.3 is 18.1 Å². The van der Waals surface area contributed by atoms with Crippen LogP contribution in [0.5, 0.6) is 0 Å². The fraction of sp³-hybridized carbons (Fsp3) is 0.214. The Balaban J connectivity index is 2.24. The smallest absolute Gasteiger partial charge is 0.471 e. The maximum atomic E-state index is 12.8. The lowest BCUT2D eigenvalue weighted by molar-refractivity contribution is -0.170. The van der Waals surface area contributed by atoms with Gasteiger partial charge in [-0.25, -0.2) is 4.79 Å². The van der Waals surface area contributed by atoms with Crippen LogP contribution in [-0.2, 0) is 11.3 Å². The predicted molar refractivity (Wildman–Crippen MR) is 74.0 cm³/mol. The van der Waals surface area contributed by atoms with Crippen LogP contribution in [0.1, 0.15) is 10.4 Å². The van der Waals surface area contributed by atoms with E-state index in [-0.39, 0.29) is 24.3 Å². The molecular weight excluding hydrogens is 315 g/mol. The Morgan fingerprint density at radius 3 is 2.35 bits per heavy atom. The van der Waals surface area contributed by atoms with Crippen LogP contribution in [0.15, 0.2) is 42.7 Å². The fourth-order valence-electron chi connectivity index (χ4n) is 1.92. The predicted octanol–water partition coefficient (Wildman–Crippen LogP) is 2.18. The van der Waals surface area contributed by atoms with E-state index < -0.39 is 18.1 Å². The van der Waals surface area contributed by atoms with E-state index in [9.17, 15) is 22.8 Å². The maximum Gasteiger partial charge on any atom is 0.471 e. The molecule has 0 aliphatic rings. The molecule has 9 heteroatoms. The van der Waals surface area contributed by atoms with Gasteiger partial charge in [0.2, 0.25) is 0 Å². The summed E-state index contributed by atoms with van der Waals surface area (Å²) in [6.07, 6.45) is -2.00. The lowest BCUT2D eigenvalue weighted by Gasteiger charge is -2.24. The molecule has 0 unspecified atom stereocenters. The zero-order valence-corrected chi connectivity index (χ0v) is 11.7. The van der Waals surface area contributed by atoms with Crippen LogP contribution in [0.25, 0.3) is 0 Å². The Morgan fingerprint density at radius 1 is 1.22 bits per heavy atom. The molecule has 1 aromatic carbocycles. The molecule has 1 amide bonds. The topological polar surface area (TPSA) is 75.4 Å². The molecule has 0 fully saturated rings. The number of hydrogen-bond donors (Lipinski definition) is 1. The second kappa shape index (κ2) is 6.51. The molecule has 6 nitrogen and oxygen atoms in total. The summed E-state index contributed by atoms with van der Waals surface area (Å²) in [7, 11) is 0. The molecule has 0 atom stereocenters. The molecule has 0 aliphatic heterocycles. The van der Waals surface area contributed by atoms with Crippen molar-refractivity contribution >= 4 is 17.6 Å². The number of amides is 1. The third-order valence-corrected chi connectivity index (χ3v) is 3.03. The van der Waals surface area contributed by atoms with Gasteiger partial charge in [-0.1, -0.05) is 0 Å². The number of aromatic nitrogens is 2. The highest BCUT2D eigenvalue weighted by atomic mass is 19.4. The zero-order chi connectivity index (χ0) is 17.0. The third-order valence-electron chi connectivity index (χ3n) is 3.03. The van der Waals surface area contributed by atoms with Gasteiger partial charge in [-0.15, -0.1) is 0 Å². The van der Waals surface area contributed by atoms with Crippen molar-refractivity contribution in [3.63, 3.8) is 0 Å². The Hall–Kier alpha value is -2.84. The van der Waals surface area contributed by atoms with Crippen molar-refractivity contribution in [3.8, 4) is 0 Å². The number of alkyl halides is 3. The van der Waals surface area contributed by atoms with Crippen LogP contribution < -0.4 is 4.90 Å². The number of carbonyl (C=O) groups is 2. The second-order valence-corrected chi connectivity index (χ2v) is 4.58. The standard InChI is InChI=1S/C14H12F3N3O3/c15-14(16,17)13(23)20(9-8-19-7-1-6-18-19)11-4-2-10(3-5-11)12(21)22/h1-7H,8-9H2,(H,21,22). The van der Waals surface area contributed by atoms with E-state index in [0.717, 1.165) is 24.3 Å². The highest BCUT2D eigenvalue weighted by Gasteiger charge is 2.43. The SMILES string of the molecule is O=C(O)c1ccc(N(CCn2cccn2)C(=O)C(F)(F)F)cc1. The molecule has 0 saturated heterocycles. The first kappa shape index (κ1) is 16.5. The van der Waals surface area contributed by atoms with Crippen LogP contribution in [-0.4, -0.2) is 39.5 Å². The van der Waals surface area contributed by atoms with E-state index in [2.05, 4.69) is 5.10 Å². The molecule has 23 heavy (non-hydrogen) atoms. The molecule has 122 valence electrons. The monoisotopic (exact) mass is 327 g/mol. The summed E-state index contributed by atoms with van der Waals surface area (Å²) in [5, 5.41) is 12.7. The largest absolute Gasteiger partial charge is 0.478 e. The van der Waals surface area contributed by atoms with Gasteiger partial charge < -0.3 is 10.0 Å². The summed E-state index contributed by atoms with van der Waals surface area (Å²) in [5.74, 6) is -3.23. The van der Waals surface area contributed by atoms with Gasteiger partial charge in [-0.2, -0.15) is 18.3 Å². The summed E-state index contributed by atoms with van der Waals surface area (Å²) in [6, 6.07) is 6.22. The van der Waals surface area contributed by atoms with E-state index in [1.807, 2.05) is 0 Å². The van der Waals surface area contributed by atoms with Crippen molar-refractivity contribution in [1.29, 1.82) is 0 Å². The quantitative estimate of drug-likeness (QED) is 0.913. The number of hydrogen-bond acceptors (Lipinski definition) is 3. The van der Waals surface area contributed by atoms with Gasteiger partial charge in [-0.3, -0.25) is 9.48 Å². The lowest BCUT2D eigenvalue weighted by Crippen LogP contribution is -2.43. The van der Waals surface area contributed by atoms with Crippen LogP contribution in [0.2, 0.25) is 0 Å². The number of aromatic carboxylic acids is 1. The van der Waals surface area contributed by atoms with Crippen LogP contribution in [0.3, 0.4) is 0 Å². The fourth-order valence-corrected chi connectivity index (χ4v) is 1.92. The van der Waals surface area contributed by atoms with E-state index in [0.29, 0.717) is 4.90 Å². The first-order valence-electron chi connectivity index (χ1n) is 6.48. The second-order valence-electron chi connectivity index (χ2n) is 4.58. The van der Waals surface area contributed by atoms with E-state index in [1.54, 1.807) is 12.3 Å². The van der Waals surface area contributed by atoms with E-state index in [1.165, 1.54) is 10.9 Å². The van der Waals surface area contributed by atoms with Gasteiger partial charge in [0.25, 0.3) is 0 Å². The maximum absolute atomic E-state index is 12.8. The number of nitrogens with zero attached hydrogens (tertiary/aromatic N) is 3. The van der Waals surface area contributed by atoms with Crippen LogP contribution in [0.4, 0.5) is 18.9 Å². The first-order valence-corrected chi connectivity index (χ1v) is 6.48. The molecule has 2 aromatic rings. The van der Waals surface area contributed by atoms with Gasteiger partial charge in [0.05, 0.1) is 12.1 Å². The number of rotatable bonds is 5. The number of halogens is 3. The minimum atomic E-state index is -5.03. The highest BCUT2D eigenvalue weighted by Crippen LogP contribution is 2.24. The average molecular weight is 327 g/mol. The van der Waals surface area contributed by atoms with Gasteiger partial charge in [-0.05, 0) is 30.3 Å².